The maximum Gasteiger partial charge on any atom is 0.351 e. The van der Waals surface area contributed by atoms with E-state index in [0.717, 1.165) is 10.8 Å². The molecule has 2 rings (SSSR count). The molecule has 0 amide bonds. The molecule has 1 aliphatic heterocycles. The first-order valence-corrected chi connectivity index (χ1v) is 8.13. The molecule has 0 saturated carbocycles. The highest BCUT2D eigenvalue weighted by Gasteiger charge is 2.61. The maximum absolute atomic E-state index is 15.2. The standard InChI is InChI=1S/C14H20FN7O6/c1-6(2)9(17)12(23)26-10-8(15)11(22-4-3-7(16)20-13(22)24)27-14(10,28-25)5-19-21-18/h3-4,6,8-11,25H,5,17H2,1-2H3,(H2,16,20,24)/t8-,9+,10+,11-,14-/m1/s1. The third kappa shape index (κ3) is 4.05. The lowest BCUT2D eigenvalue weighted by Crippen LogP contribution is -2.51. The van der Waals surface area contributed by atoms with E-state index in [1.807, 2.05) is 0 Å². The molecule has 0 unspecified atom stereocenters. The quantitative estimate of drug-likeness (QED) is 0.141. The lowest BCUT2D eigenvalue weighted by molar-refractivity contribution is -0.412. The summed E-state index contributed by atoms with van der Waals surface area (Å²) < 4.78 is 26.3. The van der Waals surface area contributed by atoms with Gasteiger partial charge in [0.15, 0.2) is 18.5 Å². The SMILES string of the molecule is CC(C)[C@H](N)C(=O)O[C@H]1[C@@H](F)[C@H](n2ccc(N)nc2=O)O[C@]1(CN=[N+]=[N-])OO. The molecule has 1 aliphatic rings. The van der Waals surface area contributed by atoms with E-state index in [2.05, 4.69) is 19.9 Å². The van der Waals surface area contributed by atoms with Crippen LogP contribution in [0.2, 0.25) is 0 Å². The molecule has 1 fully saturated rings. The van der Waals surface area contributed by atoms with Crippen molar-refractivity contribution in [3.63, 3.8) is 0 Å². The molecular weight excluding hydrogens is 381 g/mol. The molecule has 1 aromatic rings. The smallest absolute Gasteiger partial charge is 0.351 e. The number of esters is 1. The number of halogens is 1. The Morgan fingerprint density at radius 3 is 2.86 bits per heavy atom. The number of nitrogen functional groups attached to an aromatic ring is 1. The van der Waals surface area contributed by atoms with E-state index >= 15 is 4.39 Å². The van der Waals surface area contributed by atoms with Crippen LogP contribution in [0, 0.1) is 5.92 Å². The minimum atomic E-state index is -2.41. The van der Waals surface area contributed by atoms with Gasteiger partial charge in [-0.3, -0.25) is 9.36 Å². The number of alkyl halides is 1. The molecule has 5 N–H and O–H groups in total. The summed E-state index contributed by atoms with van der Waals surface area (Å²) in [6.07, 6.45) is -4.75. The molecule has 13 nitrogen and oxygen atoms in total. The number of azide groups is 1. The maximum atomic E-state index is 15.2. The third-order valence-electron chi connectivity index (χ3n) is 4.18. The van der Waals surface area contributed by atoms with Gasteiger partial charge < -0.3 is 20.9 Å². The molecule has 1 saturated heterocycles. The van der Waals surface area contributed by atoms with E-state index in [1.54, 1.807) is 13.8 Å². The Kier molecular flexibility index (Phi) is 6.53. The Hall–Kier alpha value is -2.77. The number of nitrogens with zero attached hydrogens (tertiary/aromatic N) is 5. The summed E-state index contributed by atoms with van der Waals surface area (Å²) in [7, 11) is 0. The topological polar surface area (TPSA) is 201 Å². The van der Waals surface area contributed by atoms with Gasteiger partial charge in [-0.2, -0.15) is 9.87 Å². The molecule has 2 heterocycles. The van der Waals surface area contributed by atoms with Crippen molar-refractivity contribution in [3.8, 4) is 0 Å². The second-order valence-corrected chi connectivity index (χ2v) is 6.41. The van der Waals surface area contributed by atoms with Crippen molar-refractivity contribution in [2.24, 2.45) is 16.8 Å². The highest BCUT2D eigenvalue weighted by atomic mass is 19.1. The molecule has 0 radical (unpaired) electrons. The number of anilines is 1. The number of nitrogens with two attached hydrogens (primary N) is 2. The van der Waals surface area contributed by atoms with Crippen LogP contribution in [0.1, 0.15) is 20.1 Å². The Labute approximate surface area is 157 Å². The molecule has 0 aliphatic carbocycles. The number of carbonyl (C=O) groups excluding carboxylic acids is 1. The zero-order valence-corrected chi connectivity index (χ0v) is 15.0. The van der Waals surface area contributed by atoms with Crippen LogP contribution in [0.25, 0.3) is 10.4 Å². The number of hydrogen-bond acceptors (Lipinski definition) is 10. The third-order valence-corrected chi connectivity index (χ3v) is 4.18. The van der Waals surface area contributed by atoms with Gasteiger partial charge in [-0.1, -0.05) is 19.0 Å². The minimum absolute atomic E-state index is 0.112. The summed E-state index contributed by atoms with van der Waals surface area (Å²) in [5.74, 6) is -3.87. The van der Waals surface area contributed by atoms with E-state index in [1.165, 1.54) is 6.07 Å². The van der Waals surface area contributed by atoms with Gasteiger partial charge in [-0.05, 0) is 17.5 Å². The fraction of sp³-hybridized carbons (Fsp3) is 0.643. The van der Waals surface area contributed by atoms with Gasteiger partial charge in [-0.25, -0.2) is 14.4 Å². The lowest BCUT2D eigenvalue weighted by Gasteiger charge is -2.29. The van der Waals surface area contributed by atoms with Gasteiger partial charge in [-0.15, -0.1) is 0 Å². The van der Waals surface area contributed by atoms with Crippen molar-refractivity contribution in [2.75, 3.05) is 12.3 Å². The zero-order chi connectivity index (χ0) is 21.1. The minimum Gasteiger partial charge on any atom is -0.452 e. The zero-order valence-electron chi connectivity index (χ0n) is 15.0. The monoisotopic (exact) mass is 401 g/mol. The number of aromatic nitrogens is 2. The van der Waals surface area contributed by atoms with Gasteiger partial charge in [0.2, 0.25) is 5.79 Å². The van der Waals surface area contributed by atoms with Crippen LogP contribution in [0.5, 0.6) is 0 Å². The normalized spacial score (nSPS) is 28.0. The molecular formula is C14H20FN7O6. The Balaban J connectivity index is 2.44. The van der Waals surface area contributed by atoms with Crippen molar-refractivity contribution in [3.05, 3.63) is 33.2 Å². The van der Waals surface area contributed by atoms with E-state index in [0.29, 0.717) is 0 Å². The average Bonchev–Trinajstić information content (AvgIpc) is 2.92. The second-order valence-electron chi connectivity index (χ2n) is 6.41. The van der Waals surface area contributed by atoms with Crippen molar-refractivity contribution in [2.45, 2.75) is 44.2 Å². The Morgan fingerprint density at radius 1 is 1.64 bits per heavy atom. The van der Waals surface area contributed by atoms with Crippen LogP contribution in [0.15, 0.2) is 22.2 Å². The van der Waals surface area contributed by atoms with Crippen LogP contribution < -0.4 is 17.2 Å². The van der Waals surface area contributed by atoms with E-state index < -0.39 is 48.5 Å². The van der Waals surface area contributed by atoms with Gasteiger partial charge in [0.05, 0.1) is 6.54 Å². The first kappa shape index (κ1) is 21.5. The molecule has 154 valence electrons. The van der Waals surface area contributed by atoms with Gasteiger partial charge in [0, 0.05) is 11.1 Å². The summed E-state index contributed by atoms with van der Waals surface area (Å²) >= 11 is 0. The first-order valence-electron chi connectivity index (χ1n) is 8.13. The molecule has 14 heteroatoms. The van der Waals surface area contributed by atoms with E-state index in [-0.39, 0.29) is 11.7 Å². The average molecular weight is 401 g/mol. The van der Waals surface area contributed by atoms with Crippen LogP contribution in [-0.2, 0) is 19.2 Å². The van der Waals surface area contributed by atoms with E-state index in [9.17, 15) is 14.8 Å². The predicted octanol–water partition coefficient (Wildman–Crippen LogP) is 0.0837. The summed E-state index contributed by atoms with van der Waals surface area (Å²) in [4.78, 5) is 34.4. The first-order chi connectivity index (χ1) is 13.2. The summed E-state index contributed by atoms with van der Waals surface area (Å²) in [5.41, 5.74) is 18.7. The number of ether oxygens (including phenoxy) is 2. The van der Waals surface area contributed by atoms with Crippen molar-refractivity contribution >= 4 is 11.8 Å². The second kappa shape index (κ2) is 8.50. The van der Waals surface area contributed by atoms with Crippen LogP contribution in [-0.4, -0.2) is 51.4 Å². The van der Waals surface area contributed by atoms with Crippen LogP contribution >= 0.6 is 0 Å². The summed E-state index contributed by atoms with van der Waals surface area (Å²) in [5, 5.41) is 12.5. The van der Waals surface area contributed by atoms with Crippen LogP contribution in [0.3, 0.4) is 0 Å². The fourth-order valence-corrected chi connectivity index (χ4v) is 2.55. The number of rotatable bonds is 7. The number of carbonyl (C=O) groups is 1. The van der Waals surface area contributed by atoms with Crippen molar-refractivity contribution in [1.29, 1.82) is 0 Å². The number of hydrogen-bond donors (Lipinski definition) is 3. The largest absolute Gasteiger partial charge is 0.452 e. The lowest BCUT2D eigenvalue weighted by atomic mass is 10.0. The molecule has 0 aromatic carbocycles. The van der Waals surface area contributed by atoms with Gasteiger partial charge in [0.25, 0.3) is 0 Å². The Bertz CT molecular complexity index is 829. The summed E-state index contributed by atoms with van der Waals surface area (Å²) in [6.45, 7) is 2.51. The molecule has 1 aromatic heterocycles. The predicted molar refractivity (Wildman–Crippen MR) is 91.1 cm³/mol. The molecule has 5 atom stereocenters. The molecule has 0 spiro atoms. The highest BCUT2D eigenvalue weighted by Crippen LogP contribution is 2.41. The van der Waals surface area contributed by atoms with Gasteiger partial charge >= 0.3 is 11.7 Å². The molecule has 0 bridgehead atoms. The van der Waals surface area contributed by atoms with Crippen molar-refractivity contribution in [1.82, 2.24) is 9.55 Å². The van der Waals surface area contributed by atoms with Gasteiger partial charge in [0.1, 0.15) is 11.9 Å². The molecule has 28 heavy (non-hydrogen) atoms. The van der Waals surface area contributed by atoms with Crippen molar-refractivity contribution < 1.29 is 28.8 Å². The van der Waals surface area contributed by atoms with Crippen LogP contribution in [0.4, 0.5) is 10.2 Å². The Morgan fingerprint density at radius 2 is 2.32 bits per heavy atom. The summed E-state index contributed by atoms with van der Waals surface area (Å²) in [6, 6.07) is 0.100. The van der Waals surface area contributed by atoms with E-state index in [4.69, 9.17) is 26.5 Å². The fourth-order valence-electron chi connectivity index (χ4n) is 2.55. The highest BCUT2D eigenvalue weighted by molar-refractivity contribution is 5.76.